The first-order chi connectivity index (χ1) is 13.9. The van der Waals surface area contributed by atoms with Gasteiger partial charge in [0.25, 0.3) is 5.91 Å². The number of amides is 1. The molecule has 6 heteroatoms. The van der Waals surface area contributed by atoms with Crippen LogP contribution in [-0.2, 0) is 16.2 Å². The maximum Gasteiger partial charge on any atom is 0.251 e. The zero-order chi connectivity index (χ0) is 21.4. The lowest BCUT2D eigenvalue weighted by Crippen LogP contribution is -2.20. The topological polar surface area (TPSA) is 50.7 Å². The molecule has 0 saturated carbocycles. The molecule has 0 heterocycles. The molecule has 0 fully saturated rings. The summed E-state index contributed by atoms with van der Waals surface area (Å²) in [5.41, 5.74) is 5.32. The van der Waals surface area contributed by atoms with Crippen molar-refractivity contribution in [3.8, 4) is 0 Å². The second kappa shape index (κ2) is 11.3. The molecule has 2 rings (SSSR count). The molecule has 4 nitrogen and oxygen atoms in total. The molecule has 2 aromatic rings. The number of nitrogens with zero attached hydrogens (tertiary/aromatic N) is 1. The van der Waals surface area contributed by atoms with E-state index in [4.69, 9.17) is 4.84 Å². The average Bonchev–Trinajstić information content (AvgIpc) is 2.68. The number of carbonyl (C=O) groups excluding carboxylic acids is 1. The molecule has 1 N–H and O–H groups in total. The number of nitrogens with one attached hydrogen (secondary N) is 1. The smallest absolute Gasteiger partial charge is 0.251 e. The quantitative estimate of drug-likeness (QED) is 0.248. The van der Waals surface area contributed by atoms with Crippen molar-refractivity contribution < 1.29 is 9.63 Å². The average molecular weight is 522 g/mol. The number of halogens is 2. The summed E-state index contributed by atoms with van der Waals surface area (Å²) >= 11 is 6.98. The summed E-state index contributed by atoms with van der Waals surface area (Å²) in [6, 6.07) is 11.9. The van der Waals surface area contributed by atoms with Crippen LogP contribution >= 0.6 is 31.9 Å². The van der Waals surface area contributed by atoms with Gasteiger partial charge in [0, 0.05) is 32.7 Å². The highest BCUT2D eigenvalue weighted by molar-refractivity contribution is 9.11. The van der Waals surface area contributed by atoms with Gasteiger partial charge in [-0.2, -0.15) is 0 Å². The minimum Gasteiger partial charge on any atom is -0.391 e. The third-order valence-electron chi connectivity index (χ3n) is 4.50. The van der Waals surface area contributed by atoms with E-state index in [2.05, 4.69) is 49.3 Å². The molecule has 1 amide bonds. The Morgan fingerprint density at radius 2 is 1.90 bits per heavy atom. The first-order valence-corrected chi connectivity index (χ1v) is 11.1. The van der Waals surface area contributed by atoms with Gasteiger partial charge < -0.3 is 10.2 Å². The van der Waals surface area contributed by atoms with E-state index in [1.807, 2.05) is 56.3 Å². The third kappa shape index (κ3) is 6.54. The second-order valence-electron chi connectivity index (χ2n) is 6.69. The summed E-state index contributed by atoms with van der Waals surface area (Å²) in [6.45, 7) is 6.31. The number of carbonyl (C=O) groups is 1. The summed E-state index contributed by atoms with van der Waals surface area (Å²) in [5, 5.41) is 7.04. The minimum absolute atomic E-state index is 0.0935. The Kier molecular flexibility index (Phi) is 9.11. The van der Waals surface area contributed by atoms with Crippen LogP contribution in [0.1, 0.15) is 48.9 Å². The van der Waals surface area contributed by atoms with Crippen molar-refractivity contribution in [1.82, 2.24) is 5.32 Å². The number of hydrogen-bond donors (Lipinski definition) is 1. The van der Waals surface area contributed by atoms with Crippen LogP contribution in [0.3, 0.4) is 0 Å². The van der Waals surface area contributed by atoms with Gasteiger partial charge in [0.05, 0.1) is 5.71 Å². The third-order valence-corrected chi connectivity index (χ3v) is 5.42. The predicted molar refractivity (Wildman–Crippen MR) is 127 cm³/mol. The molecule has 0 unspecified atom stereocenters. The fourth-order valence-corrected chi connectivity index (χ4v) is 4.20. The fraction of sp³-hybridized carbons (Fsp3) is 0.304. The SMILES string of the molecule is CCC/C=C(\C(=O)NC)c1cccc(C)c1CO/N=C(\C)c1cc(Br)cc(Br)c1. The van der Waals surface area contributed by atoms with Crippen LogP contribution in [0.5, 0.6) is 0 Å². The van der Waals surface area contributed by atoms with E-state index in [1.165, 1.54) is 0 Å². The fourth-order valence-electron chi connectivity index (χ4n) is 2.90. The first-order valence-electron chi connectivity index (χ1n) is 9.51. The van der Waals surface area contributed by atoms with E-state index in [9.17, 15) is 4.79 Å². The van der Waals surface area contributed by atoms with Gasteiger partial charge in [0.15, 0.2) is 0 Å². The molecule has 0 aliphatic heterocycles. The van der Waals surface area contributed by atoms with Crippen LogP contribution in [0.2, 0.25) is 0 Å². The molecule has 0 aliphatic rings. The summed E-state index contributed by atoms with van der Waals surface area (Å²) in [4.78, 5) is 18.2. The van der Waals surface area contributed by atoms with Crippen LogP contribution in [0.25, 0.3) is 5.57 Å². The van der Waals surface area contributed by atoms with Crippen LogP contribution < -0.4 is 5.32 Å². The van der Waals surface area contributed by atoms with Crippen molar-refractivity contribution in [2.24, 2.45) is 5.16 Å². The van der Waals surface area contributed by atoms with E-state index in [0.717, 1.165) is 49.8 Å². The van der Waals surface area contributed by atoms with Gasteiger partial charge >= 0.3 is 0 Å². The lowest BCUT2D eigenvalue weighted by Gasteiger charge is -2.14. The Bertz CT molecular complexity index is 916. The summed E-state index contributed by atoms with van der Waals surface area (Å²) in [7, 11) is 1.65. The highest BCUT2D eigenvalue weighted by atomic mass is 79.9. The monoisotopic (exact) mass is 520 g/mol. The number of rotatable bonds is 8. The summed E-state index contributed by atoms with van der Waals surface area (Å²) in [5.74, 6) is -0.0935. The second-order valence-corrected chi connectivity index (χ2v) is 8.53. The molecule has 0 aromatic heterocycles. The van der Waals surface area contributed by atoms with E-state index in [-0.39, 0.29) is 12.5 Å². The van der Waals surface area contributed by atoms with Gasteiger partial charge in [-0.3, -0.25) is 4.79 Å². The lowest BCUT2D eigenvalue weighted by atomic mass is 9.95. The maximum absolute atomic E-state index is 12.5. The van der Waals surface area contributed by atoms with Crippen molar-refractivity contribution in [2.75, 3.05) is 7.05 Å². The van der Waals surface area contributed by atoms with Crippen LogP contribution in [0, 0.1) is 6.92 Å². The minimum atomic E-state index is -0.0935. The van der Waals surface area contributed by atoms with E-state index in [0.29, 0.717) is 5.57 Å². The predicted octanol–water partition coefficient (Wildman–Crippen LogP) is 6.39. The molecular formula is C23H26Br2N2O2. The molecule has 0 atom stereocenters. The normalized spacial score (nSPS) is 12.1. The van der Waals surface area contributed by atoms with Gasteiger partial charge in [-0.1, -0.05) is 74.6 Å². The Labute approximate surface area is 189 Å². The molecule has 0 radical (unpaired) electrons. The van der Waals surface area contributed by atoms with Crippen molar-refractivity contribution in [2.45, 2.75) is 40.2 Å². The van der Waals surface area contributed by atoms with E-state index in [1.54, 1.807) is 7.05 Å². The Balaban J connectivity index is 2.30. The molecule has 2 aromatic carbocycles. The highest BCUT2D eigenvalue weighted by Gasteiger charge is 2.16. The number of likely N-dealkylation sites (N-methyl/N-ethyl adjacent to an activating group) is 1. The van der Waals surface area contributed by atoms with Gasteiger partial charge in [-0.25, -0.2) is 0 Å². The number of benzene rings is 2. The Hall–Kier alpha value is -1.92. The molecule has 29 heavy (non-hydrogen) atoms. The number of oxime groups is 1. The largest absolute Gasteiger partial charge is 0.391 e. The van der Waals surface area contributed by atoms with E-state index < -0.39 is 0 Å². The Morgan fingerprint density at radius 3 is 2.52 bits per heavy atom. The summed E-state index contributed by atoms with van der Waals surface area (Å²) in [6.07, 6.45) is 3.81. The van der Waals surface area contributed by atoms with Crippen molar-refractivity contribution in [3.63, 3.8) is 0 Å². The molecule has 154 valence electrons. The molecule has 0 bridgehead atoms. The van der Waals surface area contributed by atoms with Crippen molar-refractivity contribution in [1.29, 1.82) is 0 Å². The number of allylic oxidation sites excluding steroid dienone is 1. The zero-order valence-electron chi connectivity index (χ0n) is 17.2. The number of aryl methyl sites for hydroxylation is 1. The van der Waals surface area contributed by atoms with Crippen LogP contribution in [0.15, 0.2) is 56.6 Å². The van der Waals surface area contributed by atoms with Crippen LogP contribution in [-0.4, -0.2) is 18.7 Å². The molecule has 0 aliphatic carbocycles. The highest BCUT2D eigenvalue weighted by Crippen LogP contribution is 2.25. The summed E-state index contributed by atoms with van der Waals surface area (Å²) < 4.78 is 1.93. The van der Waals surface area contributed by atoms with Gasteiger partial charge in [0.1, 0.15) is 6.61 Å². The van der Waals surface area contributed by atoms with Crippen LogP contribution in [0.4, 0.5) is 0 Å². The standard InChI is InChI=1S/C23H26Br2N2O2/c1-5-6-9-21(23(28)26-4)20-10-7-8-15(2)22(20)14-29-27-16(3)17-11-18(24)13-19(25)12-17/h7-13H,5-6,14H2,1-4H3,(H,26,28)/b21-9-,27-16+. The zero-order valence-corrected chi connectivity index (χ0v) is 20.4. The van der Waals surface area contributed by atoms with Gasteiger partial charge in [0.2, 0.25) is 0 Å². The first kappa shape index (κ1) is 23.4. The Morgan fingerprint density at radius 1 is 1.21 bits per heavy atom. The van der Waals surface area contributed by atoms with Crippen molar-refractivity contribution >= 4 is 49.1 Å². The van der Waals surface area contributed by atoms with Gasteiger partial charge in [-0.15, -0.1) is 0 Å². The van der Waals surface area contributed by atoms with Gasteiger partial charge in [-0.05, 0) is 49.6 Å². The molecular weight excluding hydrogens is 496 g/mol. The molecule has 0 saturated heterocycles. The molecule has 0 spiro atoms. The lowest BCUT2D eigenvalue weighted by molar-refractivity contribution is -0.115. The van der Waals surface area contributed by atoms with Crippen molar-refractivity contribution in [3.05, 3.63) is 73.7 Å². The maximum atomic E-state index is 12.5. The van der Waals surface area contributed by atoms with E-state index >= 15 is 0 Å². The number of unbranched alkanes of at least 4 members (excludes halogenated alkanes) is 1. The number of hydrogen-bond acceptors (Lipinski definition) is 3.